The average molecular weight is 383 g/mol. The first-order valence-electron chi connectivity index (χ1n) is 8.13. The number of nitrogens with two attached hydrogens (primary N) is 2. The van der Waals surface area contributed by atoms with Gasteiger partial charge in [0.2, 0.25) is 0 Å². The molecule has 3 rings (SSSR count). The number of ether oxygens (including phenoxy) is 2. The third kappa shape index (κ3) is 5.00. The van der Waals surface area contributed by atoms with Gasteiger partial charge in [-0.2, -0.15) is 0 Å². The summed E-state index contributed by atoms with van der Waals surface area (Å²) >= 11 is 0. The van der Waals surface area contributed by atoms with Gasteiger partial charge in [0.15, 0.2) is 5.96 Å². The van der Waals surface area contributed by atoms with E-state index in [4.69, 9.17) is 25.5 Å². The molecule has 0 saturated carbocycles. The van der Waals surface area contributed by atoms with Gasteiger partial charge < -0.3 is 25.5 Å². The summed E-state index contributed by atoms with van der Waals surface area (Å²) in [7, 11) is 0. The zero-order chi connectivity index (χ0) is 19.9. The largest absolute Gasteiger partial charge is 0.454 e. The van der Waals surface area contributed by atoms with Crippen molar-refractivity contribution in [2.24, 2.45) is 16.5 Å². The molecule has 3 aromatic heterocycles. The van der Waals surface area contributed by atoms with Crippen molar-refractivity contribution in [3.8, 4) is 17.3 Å². The Kier molecular flexibility index (Phi) is 5.75. The van der Waals surface area contributed by atoms with Crippen LogP contribution in [0.2, 0.25) is 0 Å². The maximum Gasteiger partial charge on any atom is 0.437 e. The molecule has 11 nitrogen and oxygen atoms in total. The maximum atomic E-state index is 11.4. The van der Waals surface area contributed by atoms with Gasteiger partial charge in [-0.25, -0.2) is 19.7 Å². The summed E-state index contributed by atoms with van der Waals surface area (Å²) in [5.74, 6) is -0.371. The van der Waals surface area contributed by atoms with Crippen LogP contribution in [0, 0.1) is 0 Å². The third-order valence-electron chi connectivity index (χ3n) is 3.45. The number of guanidine groups is 1. The highest BCUT2D eigenvalue weighted by Crippen LogP contribution is 2.20. The standard InChI is InChI=1S/C17H17N7O4/c1-10(13-5-6-27-24-13)28-16-20-7-11(8-21-16)14-4-2-3-12(22-14)9-26-17(25)23-15(18)19/h2-8,10H,9H2,1H3,(H4,18,19,23,25). The van der Waals surface area contributed by atoms with Gasteiger partial charge in [0.1, 0.15) is 24.7 Å². The number of nitrogens with zero attached hydrogens (tertiary/aromatic N) is 5. The minimum Gasteiger partial charge on any atom is -0.454 e. The minimum absolute atomic E-state index is 0.0826. The quantitative estimate of drug-likeness (QED) is 0.471. The molecule has 11 heteroatoms. The Morgan fingerprint density at radius 2 is 2.04 bits per heavy atom. The van der Waals surface area contributed by atoms with Gasteiger partial charge in [-0.1, -0.05) is 11.2 Å². The van der Waals surface area contributed by atoms with Crippen LogP contribution in [-0.4, -0.2) is 32.2 Å². The van der Waals surface area contributed by atoms with E-state index in [0.717, 1.165) is 0 Å². The Labute approximate surface area is 159 Å². The van der Waals surface area contributed by atoms with Crippen molar-refractivity contribution in [2.75, 3.05) is 0 Å². The van der Waals surface area contributed by atoms with Gasteiger partial charge in [-0.05, 0) is 19.1 Å². The fraction of sp³-hybridized carbons (Fsp3) is 0.176. The van der Waals surface area contributed by atoms with Crippen molar-refractivity contribution in [1.29, 1.82) is 0 Å². The van der Waals surface area contributed by atoms with Crippen molar-refractivity contribution < 1.29 is 18.8 Å². The lowest BCUT2D eigenvalue weighted by atomic mass is 10.2. The van der Waals surface area contributed by atoms with E-state index in [1.54, 1.807) is 36.7 Å². The number of pyridine rings is 1. The summed E-state index contributed by atoms with van der Waals surface area (Å²) in [6.07, 6.45) is 3.38. The molecule has 1 amide bonds. The predicted molar refractivity (Wildman–Crippen MR) is 96.8 cm³/mol. The number of carbonyl (C=O) groups excluding carboxylic acids is 1. The number of hydrogen-bond acceptors (Lipinski definition) is 8. The highest BCUT2D eigenvalue weighted by atomic mass is 16.5. The summed E-state index contributed by atoms with van der Waals surface area (Å²) in [6.45, 7) is 1.73. The molecular formula is C17H17N7O4. The Hall–Kier alpha value is -4.02. The Bertz CT molecular complexity index is 954. The van der Waals surface area contributed by atoms with E-state index in [9.17, 15) is 4.79 Å². The van der Waals surface area contributed by atoms with Gasteiger partial charge >= 0.3 is 12.1 Å². The number of hydrogen-bond donors (Lipinski definition) is 2. The summed E-state index contributed by atoms with van der Waals surface area (Å²) < 4.78 is 15.3. The van der Waals surface area contributed by atoms with Gasteiger partial charge in [0.25, 0.3) is 0 Å². The molecular weight excluding hydrogens is 366 g/mol. The SMILES string of the molecule is CC(Oc1ncc(-c2cccc(COC(=O)N=C(N)N)n2)cn1)c1ccon1. The molecule has 1 atom stereocenters. The first kappa shape index (κ1) is 18.8. The molecule has 28 heavy (non-hydrogen) atoms. The Balaban J connectivity index is 1.65. The third-order valence-corrected chi connectivity index (χ3v) is 3.45. The molecule has 0 radical (unpaired) electrons. The van der Waals surface area contributed by atoms with E-state index in [1.165, 1.54) is 6.26 Å². The average Bonchev–Trinajstić information content (AvgIpc) is 3.22. The molecule has 0 spiro atoms. The predicted octanol–water partition coefficient (Wildman–Crippen LogP) is 1.58. The van der Waals surface area contributed by atoms with E-state index in [-0.39, 0.29) is 24.7 Å². The smallest absolute Gasteiger partial charge is 0.437 e. The van der Waals surface area contributed by atoms with Crippen molar-refractivity contribution >= 4 is 12.1 Å². The topological polar surface area (TPSA) is 165 Å². The second kappa shape index (κ2) is 8.58. The summed E-state index contributed by atoms with van der Waals surface area (Å²) in [5.41, 5.74) is 12.6. The number of aliphatic imine (C=N–C) groups is 1. The van der Waals surface area contributed by atoms with Crippen molar-refractivity contribution in [2.45, 2.75) is 19.6 Å². The van der Waals surface area contributed by atoms with Crippen LogP contribution >= 0.6 is 0 Å². The van der Waals surface area contributed by atoms with Crippen molar-refractivity contribution in [1.82, 2.24) is 20.1 Å². The molecule has 0 aliphatic carbocycles. The van der Waals surface area contributed by atoms with Crippen molar-refractivity contribution in [3.63, 3.8) is 0 Å². The lowest BCUT2D eigenvalue weighted by Crippen LogP contribution is -2.24. The molecule has 4 N–H and O–H groups in total. The van der Waals surface area contributed by atoms with Crippen molar-refractivity contribution in [3.05, 3.63) is 54.3 Å². The van der Waals surface area contributed by atoms with Gasteiger partial charge in [0.05, 0.1) is 11.4 Å². The fourth-order valence-electron chi connectivity index (χ4n) is 2.15. The lowest BCUT2D eigenvalue weighted by molar-refractivity contribution is 0.149. The van der Waals surface area contributed by atoms with Crippen LogP contribution in [0.3, 0.4) is 0 Å². The zero-order valence-corrected chi connectivity index (χ0v) is 14.8. The number of rotatable bonds is 6. The van der Waals surface area contributed by atoms with Crippen LogP contribution in [0.15, 0.2) is 52.4 Å². The first-order valence-corrected chi connectivity index (χ1v) is 8.13. The molecule has 3 aromatic rings. The van der Waals surface area contributed by atoms with Crippen LogP contribution in [0.4, 0.5) is 4.79 Å². The van der Waals surface area contributed by atoms with Gasteiger partial charge in [-0.15, -0.1) is 4.99 Å². The number of carbonyl (C=O) groups is 1. The van der Waals surface area contributed by atoms with Crippen LogP contribution in [-0.2, 0) is 11.3 Å². The Morgan fingerprint density at radius 1 is 1.25 bits per heavy atom. The number of aromatic nitrogens is 4. The Morgan fingerprint density at radius 3 is 2.71 bits per heavy atom. The lowest BCUT2D eigenvalue weighted by Gasteiger charge is -2.10. The maximum absolute atomic E-state index is 11.4. The molecule has 0 aromatic carbocycles. The zero-order valence-electron chi connectivity index (χ0n) is 14.8. The summed E-state index contributed by atoms with van der Waals surface area (Å²) in [6, 6.07) is 7.14. The summed E-state index contributed by atoms with van der Waals surface area (Å²) in [5, 5.41) is 3.81. The van der Waals surface area contributed by atoms with E-state index >= 15 is 0 Å². The van der Waals surface area contributed by atoms with E-state index in [1.807, 2.05) is 6.92 Å². The van der Waals surface area contributed by atoms with Crippen LogP contribution in [0.5, 0.6) is 6.01 Å². The monoisotopic (exact) mass is 383 g/mol. The highest BCUT2D eigenvalue weighted by molar-refractivity contribution is 5.87. The molecule has 0 aliphatic rings. The molecule has 0 bridgehead atoms. The molecule has 0 aliphatic heterocycles. The van der Waals surface area contributed by atoms with E-state index in [0.29, 0.717) is 22.6 Å². The molecule has 3 heterocycles. The molecule has 1 unspecified atom stereocenters. The first-order chi connectivity index (χ1) is 13.5. The highest BCUT2D eigenvalue weighted by Gasteiger charge is 2.12. The fourth-order valence-corrected chi connectivity index (χ4v) is 2.15. The second-order valence-corrected chi connectivity index (χ2v) is 5.54. The molecule has 144 valence electrons. The van der Waals surface area contributed by atoms with Gasteiger partial charge in [0, 0.05) is 24.0 Å². The minimum atomic E-state index is -0.890. The van der Waals surface area contributed by atoms with E-state index < -0.39 is 6.09 Å². The van der Waals surface area contributed by atoms with Crippen LogP contribution in [0.25, 0.3) is 11.3 Å². The summed E-state index contributed by atoms with van der Waals surface area (Å²) in [4.78, 5) is 27.4. The van der Waals surface area contributed by atoms with Crippen LogP contribution < -0.4 is 16.2 Å². The van der Waals surface area contributed by atoms with E-state index in [2.05, 4.69) is 25.1 Å². The number of amides is 1. The van der Waals surface area contributed by atoms with Crippen LogP contribution in [0.1, 0.15) is 24.4 Å². The molecule has 0 fully saturated rings. The van der Waals surface area contributed by atoms with Gasteiger partial charge in [-0.3, -0.25) is 0 Å². The normalized spacial score (nSPS) is 11.5. The second-order valence-electron chi connectivity index (χ2n) is 5.54. The molecule has 0 saturated heterocycles.